The average Bonchev–Trinajstić information content (AvgIpc) is 2.36. The number of hydrogen-bond donors (Lipinski definition) is 0. The van der Waals surface area contributed by atoms with Crippen LogP contribution in [-0.4, -0.2) is 21.8 Å². The van der Waals surface area contributed by atoms with E-state index in [1.165, 1.54) is 19.3 Å². The topological polar surface area (TPSA) is 18.5 Å². The summed E-state index contributed by atoms with van der Waals surface area (Å²) in [5.74, 6) is 1.57. The zero-order valence-corrected chi connectivity index (χ0v) is 14.7. The van der Waals surface area contributed by atoms with Crippen molar-refractivity contribution in [1.82, 2.24) is 0 Å². The molecule has 0 rings (SSSR count). The van der Waals surface area contributed by atoms with Gasteiger partial charge in [0, 0.05) is 13.2 Å². The first-order valence-corrected chi connectivity index (χ1v) is 10.2. The molecule has 2 atom stereocenters. The predicted molar refractivity (Wildman–Crippen MR) is 86.5 cm³/mol. The van der Waals surface area contributed by atoms with Crippen LogP contribution in [0.15, 0.2) is 12.3 Å². The lowest BCUT2D eigenvalue weighted by Crippen LogP contribution is -2.37. The molecule has 0 saturated carbocycles. The van der Waals surface area contributed by atoms with Gasteiger partial charge in [0.15, 0.2) is 0 Å². The van der Waals surface area contributed by atoms with E-state index in [-0.39, 0.29) is 0 Å². The fourth-order valence-corrected chi connectivity index (χ4v) is 3.40. The lowest BCUT2D eigenvalue weighted by atomic mass is 9.98. The highest BCUT2D eigenvalue weighted by atomic mass is 28.4. The maximum Gasteiger partial charge on any atom is 0.361 e. The largest absolute Gasteiger partial charge is 0.391 e. The maximum atomic E-state index is 5.98. The molecule has 0 spiro atoms. The molecule has 0 aromatic carbocycles. The third kappa shape index (κ3) is 10.3. The standard InChI is InChI=1S/C16H34O2Si/c1-7-13-17-19(6,8-2)18-14-12-16(5)11-9-10-15(3)4/h8,15-16H,2,7,9-14H2,1,3-6H3. The van der Waals surface area contributed by atoms with E-state index >= 15 is 0 Å². The molecule has 19 heavy (non-hydrogen) atoms. The van der Waals surface area contributed by atoms with E-state index in [2.05, 4.69) is 40.8 Å². The van der Waals surface area contributed by atoms with Gasteiger partial charge in [-0.3, -0.25) is 0 Å². The molecule has 0 aliphatic carbocycles. The Kier molecular flexibility index (Phi) is 10.6. The molecular weight excluding hydrogens is 252 g/mol. The minimum atomic E-state index is -2.10. The molecule has 114 valence electrons. The van der Waals surface area contributed by atoms with Crippen molar-refractivity contribution < 1.29 is 8.85 Å². The van der Waals surface area contributed by atoms with Gasteiger partial charge in [-0.2, -0.15) is 0 Å². The highest BCUT2D eigenvalue weighted by Crippen LogP contribution is 2.17. The third-order valence-corrected chi connectivity index (χ3v) is 5.74. The second kappa shape index (κ2) is 10.6. The molecule has 0 aromatic rings. The monoisotopic (exact) mass is 286 g/mol. The Labute approximate surface area is 121 Å². The quantitative estimate of drug-likeness (QED) is 0.466. The Bertz CT molecular complexity index is 231. The normalized spacial score (nSPS) is 16.3. The van der Waals surface area contributed by atoms with Gasteiger partial charge in [-0.05, 0) is 36.9 Å². The maximum absolute atomic E-state index is 5.98. The molecule has 0 aliphatic rings. The average molecular weight is 287 g/mol. The van der Waals surface area contributed by atoms with Crippen molar-refractivity contribution >= 4 is 8.56 Å². The summed E-state index contributed by atoms with van der Waals surface area (Å²) in [6, 6.07) is 0. The van der Waals surface area contributed by atoms with Gasteiger partial charge >= 0.3 is 8.56 Å². The molecule has 2 nitrogen and oxygen atoms in total. The molecule has 0 N–H and O–H groups in total. The first-order valence-electron chi connectivity index (χ1n) is 7.85. The summed E-state index contributed by atoms with van der Waals surface area (Å²) >= 11 is 0. The van der Waals surface area contributed by atoms with Crippen LogP contribution in [-0.2, 0) is 8.85 Å². The van der Waals surface area contributed by atoms with Gasteiger partial charge < -0.3 is 8.85 Å². The predicted octanol–water partition coefficient (Wildman–Crippen LogP) is 5.08. The van der Waals surface area contributed by atoms with Gasteiger partial charge in [-0.25, -0.2) is 0 Å². The Morgan fingerprint density at radius 2 is 1.68 bits per heavy atom. The molecule has 0 aliphatic heterocycles. The van der Waals surface area contributed by atoms with Gasteiger partial charge in [0.1, 0.15) is 0 Å². The highest BCUT2D eigenvalue weighted by molar-refractivity contribution is 6.71. The second-order valence-corrected chi connectivity index (χ2v) is 9.15. The molecule has 0 aromatic heterocycles. The van der Waals surface area contributed by atoms with Gasteiger partial charge in [0.2, 0.25) is 0 Å². The van der Waals surface area contributed by atoms with Crippen molar-refractivity contribution in [1.29, 1.82) is 0 Å². The third-order valence-electron chi connectivity index (χ3n) is 3.44. The lowest BCUT2D eigenvalue weighted by Gasteiger charge is -2.24. The summed E-state index contributed by atoms with van der Waals surface area (Å²) in [5, 5.41) is 0. The fraction of sp³-hybridized carbons (Fsp3) is 0.875. The van der Waals surface area contributed by atoms with E-state index in [0.717, 1.165) is 37.9 Å². The SMILES string of the molecule is C=C[Si](C)(OCCC)OCCC(C)CCCC(C)C. The van der Waals surface area contributed by atoms with Gasteiger partial charge in [0.25, 0.3) is 0 Å². The summed E-state index contributed by atoms with van der Waals surface area (Å²) < 4.78 is 11.8. The lowest BCUT2D eigenvalue weighted by molar-refractivity contribution is 0.173. The summed E-state index contributed by atoms with van der Waals surface area (Å²) in [4.78, 5) is 0. The van der Waals surface area contributed by atoms with Gasteiger partial charge in [-0.15, -0.1) is 6.58 Å². The van der Waals surface area contributed by atoms with Gasteiger partial charge in [-0.1, -0.05) is 47.0 Å². The summed E-state index contributed by atoms with van der Waals surface area (Å²) in [6.07, 6.45) is 6.14. The van der Waals surface area contributed by atoms with Crippen LogP contribution in [0.4, 0.5) is 0 Å². The van der Waals surface area contributed by atoms with Crippen LogP contribution >= 0.6 is 0 Å². The van der Waals surface area contributed by atoms with Crippen molar-refractivity contribution in [3.8, 4) is 0 Å². The molecule has 0 saturated heterocycles. The Morgan fingerprint density at radius 3 is 2.21 bits per heavy atom. The van der Waals surface area contributed by atoms with Crippen LogP contribution in [0.1, 0.15) is 59.8 Å². The zero-order chi connectivity index (χ0) is 14.7. The molecule has 0 bridgehead atoms. The second-order valence-electron chi connectivity index (χ2n) is 6.14. The van der Waals surface area contributed by atoms with Crippen molar-refractivity contribution in [3.05, 3.63) is 12.3 Å². The molecule has 2 unspecified atom stereocenters. The van der Waals surface area contributed by atoms with Crippen LogP contribution in [0.2, 0.25) is 6.55 Å². The van der Waals surface area contributed by atoms with Crippen LogP contribution < -0.4 is 0 Å². The fourth-order valence-electron chi connectivity index (χ4n) is 1.95. The van der Waals surface area contributed by atoms with Crippen LogP contribution in [0.5, 0.6) is 0 Å². The minimum Gasteiger partial charge on any atom is -0.391 e. The Hall–Kier alpha value is -0.123. The highest BCUT2D eigenvalue weighted by Gasteiger charge is 2.27. The first kappa shape index (κ1) is 18.9. The van der Waals surface area contributed by atoms with Crippen LogP contribution in [0.25, 0.3) is 0 Å². The van der Waals surface area contributed by atoms with Crippen molar-refractivity contribution in [2.45, 2.75) is 66.3 Å². The van der Waals surface area contributed by atoms with Crippen molar-refractivity contribution in [2.24, 2.45) is 11.8 Å². The number of rotatable bonds is 12. The molecule has 0 radical (unpaired) electrons. The van der Waals surface area contributed by atoms with Crippen LogP contribution in [0, 0.1) is 11.8 Å². The molecular formula is C16H34O2Si. The summed E-state index contributed by atoms with van der Waals surface area (Å²) in [7, 11) is -2.10. The van der Waals surface area contributed by atoms with E-state index in [1.807, 2.05) is 5.70 Å². The van der Waals surface area contributed by atoms with E-state index in [0.29, 0.717) is 0 Å². The Morgan fingerprint density at radius 1 is 1.05 bits per heavy atom. The molecule has 0 amide bonds. The molecule has 0 heterocycles. The Balaban J connectivity index is 3.77. The first-order chi connectivity index (χ1) is 8.93. The van der Waals surface area contributed by atoms with Crippen molar-refractivity contribution in [3.63, 3.8) is 0 Å². The summed E-state index contributed by atoms with van der Waals surface area (Å²) in [5.41, 5.74) is 1.89. The van der Waals surface area contributed by atoms with E-state index in [4.69, 9.17) is 8.85 Å². The number of hydrogen-bond acceptors (Lipinski definition) is 2. The molecule has 3 heteroatoms. The molecule has 0 fully saturated rings. The smallest absolute Gasteiger partial charge is 0.361 e. The van der Waals surface area contributed by atoms with E-state index < -0.39 is 8.56 Å². The zero-order valence-electron chi connectivity index (χ0n) is 13.7. The van der Waals surface area contributed by atoms with Gasteiger partial charge in [0.05, 0.1) is 0 Å². The van der Waals surface area contributed by atoms with Crippen molar-refractivity contribution in [2.75, 3.05) is 13.2 Å². The van der Waals surface area contributed by atoms with Crippen LogP contribution in [0.3, 0.4) is 0 Å². The summed E-state index contributed by atoms with van der Waals surface area (Å²) in [6.45, 7) is 16.6. The van der Waals surface area contributed by atoms with E-state index in [9.17, 15) is 0 Å². The van der Waals surface area contributed by atoms with E-state index in [1.54, 1.807) is 0 Å². The minimum absolute atomic E-state index is 0.744.